The van der Waals surface area contributed by atoms with Gasteiger partial charge in [0.15, 0.2) is 0 Å². The zero-order valence-electron chi connectivity index (χ0n) is 14.5. The van der Waals surface area contributed by atoms with E-state index in [1.165, 1.54) is 36.0 Å². The van der Waals surface area contributed by atoms with Crippen molar-refractivity contribution in [3.8, 4) is 23.5 Å². The van der Waals surface area contributed by atoms with E-state index in [-0.39, 0.29) is 0 Å². The van der Waals surface area contributed by atoms with Crippen molar-refractivity contribution in [2.24, 2.45) is 0 Å². The molecule has 0 amide bonds. The maximum absolute atomic E-state index is 5.43. The van der Waals surface area contributed by atoms with Crippen molar-refractivity contribution in [2.45, 2.75) is 50.3 Å². The Labute approximate surface area is 150 Å². The molecule has 2 atom stereocenters. The third-order valence-electron chi connectivity index (χ3n) is 4.69. The van der Waals surface area contributed by atoms with E-state index in [0.29, 0.717) is 17.2 Å². The molecule has 24 heavy (non-hydrogen) atoms. The third kappa shape index (κ3) is 4.04. The summed E-state index contributed by atoms with van der Waals surface area (Å²) in [5.41, 5.74) is 4.86. The lowest BCUT2D eigenvalue weighted by Crippen LogP contribution is -2.27. The Morgan fingerprint density at radius 3 is 2.21 bits per heavy atom. The number of hydrogen-bond acceptors (Lipinski definition) is 2. The van der Waals surface area contributed by atoms with Crippen molar-refractivity contribution >= 4 is 11.9 Å². The summed E-state index contributed by atoms with van der Waals surface area (Å²) in [6.07, 6.45) is 9.30. The van der Waals surface area contributed by atoms with Gasteiger partial charge < -0.3 is 0 Å². The summed E-state index contributed by atoms with van der Waals surface area (Å²) in [6.45, 7) is 4.48. The van der Waals surface area contributed by atoms with Gasteiger partial charge in [-0.25, -0.2) is 0 Å². The normalized spacial score (nSPS) is 20.2. The van der Waals surface area contributed by atoms with E-state index in [4.69, 9.17) is 6.42 Å². The van der Waals surface area contributed by atoms with E-state index in [2.05, 4.69) is 60.9 Å². The molecule has 2 aromatic rings. The quantitative estimate of drug-likeness (QED) is 0.562. The largest absolute Gasteiger partial charge is 0.260 e. The Morgan fingerprint density at radius 1 is 1.00 bits per heavy atom. The van der Waals surface area contributed by atoms with Gasteiger partial charge >= 0.3 is 0 Å². The number of benzene rings is 2. The molecule has 1 unspecified atom stereocenters. The zero-order valence-corrected chi connectivity index (χ0v) is 15.3. The summed E-state index contributed by atoms with van der Waals surface area (Å²) in [5, 5.41) is 0.625. The second-order valence-electron chi connectivity index (χ2n) is 6.77. The first-order chi connectivity index (χ1) is 11.7. The van der Waals surface area contributed by atoms with Gasteiger partial charge in [-0.1, -0.05) is 74.5 Å². The molecule has 1 saturated carbocycles. The average Bonchev–Trinajstić information content (AvgIpc) is 3.09. The lowest BCUT2D eigenvalue weighted by molar-refractivity contribution is 0.578. The highest BCUT2D eigenvalue weighted by atomic mass is 32.2. The van der Waals surface area contributed by atoms with E-state index < -0.39 is 0 Å². The molecule has 0 radical (unpaired) electrons. The molecule has 2 heteroatoms. The van der Waals surface area contributed by atoms with Crippen LogP contribution in [-0.2, 0) is 0 Å². The first kappa shape index (κ1) is 17.1. The van der Waals surface area contributed by atoms with Crippen molar-refractivity contribution in [2.75, 3.05) is 0 Å². The first-order valence-electron chi connectivity index (χ1n) is 8.75. The summed E-state index contributed by atoms with van der Waals surface area (Å²) in [6, 6.07) is 17.9. The van der Waals surface area contributed by atoms with Crippen molar-refractivity contribution in [1.82, 2.24) is 4.72 Å². The Hall–Kier alpha value is -1.69. The van der Waals surface area contributed by atoms with Crippen LogP contribution in [-0.4, -0.2) is 11.3 Å². The van der Waals surface area contributed by atoms with Gasteiger partial charge in [0.25, 0.3) is 0 Å². The molecule has 0 aliphatic heterocycles. The molecule has 1 aliphatic carbocycles. The van der Waals surface area contributed by atoms with E-state index in [0.717, 1.165) is 5.56 Å². The minimum Gasteiger partial charge on any atom is -0.260 e. The monoisotopic (exact) mass is 335 g/mol. The van der Waals surface area contributed by atoms with Crippen LogP contribution in [0.3, 0.4) is 0 Å². The topological polar surface area (TPSA) is 12.0 Å². The van der Waals surface area contributed by atoms with Crippen LogP contribution in [0, 0.1) is 12.3 Å². The van der Waals surface area contributed by atoms with Crippen molar-refractivity contribution in [1.29, 1.82) is 0 Å². The molecule has 1 aliphatic rings. The van der Waals surface area contributed by atoms with Gasteiger partial charge in [0.05, 0.1) is 0 Å². The van der Waals surface area contributed by atoms with E-state index in [1.807, 2.05) is 24.1 Å². The Balaban J connectivity index is 1.72. The van der Waals surface area contributed by atoms with Crippen molar-refractivity contribution in [3.05, 3.63) is 59.7 Å². The lowest BCUT2D eigenvalue weighted by Gasteiger charge is -2.22. The van der Waals surface area contributed by atoms with Crippen LogP contribution in [0.2, 0.25) is 0 Å². The van der Waals surface area contributed by atoms with Crippen molar-refractivity contribution in [3.63, 3.8) is 0 Å². The van der Waals surface area contributed by atoms with E-state index in [9.17, 15) is 0 Å². The summed E-state index contributed by atoms with van der Waals surface area (Å²) in [5.74, 6) is 3.30. The number of terminal acetylenes is 1. The molecule has 0 spiro atoms. The van der Waals surface area contributed by atoms with Crippen LogP contribution in [0.1, 0.15) is 50.2 Å². The van der Waals surface area contributed by atoms with Gasteiger partial charge in [-0.15, -0.1) is 6.42 Å². The smallest absolute Gasteiger partial charge is 0.0243 e. The third-order valence-corrected chi connectivity index (χ3v) is 5.61. The van der Waals surface area contributed by atoms with Crippen LogP contribution >= 0.6 is 11.9 Å². The highest BCUT2D eigenvalue weighted by Gasteiger charge is 2.28. The molecule has 1 N–H and O–H groups in total. The zero-order chi connectivity index (χ0) is 16.9. The highest BCUT2D eigenvalue weighted by molar-refractivity contribution is 7.98. The van der Waals surface area contributed by atoms with Gasteiger partial charge in [0.2, 0.25) is 0 Å². The van der Waals surface area contributed by atoms with Crippen LogP contribution in [0.25, 0.3) is 11.1 Å². The fraction of sp³-hybridized carbons (Fsp3) is 0.364. The lowest BCUT2D eigenvalue weighted by atomic mass is 9.92. The van der Waals surface area contributed by atoms with Gasteiger partial charge in [0, 0.05) is 22.8 Å². The minimum atomic E-state index is 0.596. The van der Waals surface area contributed by atoms with E-state index in [1.54, 1.807) is 0 Å². The molecule has 0 saturated heterocycles. The van der Waals surface area contributed by atoms with Gasteiger partial charge in [-0.2, -0.15) is 0 Å². The van der Waals surface area contributed by atoms with Crippen LogP contribution in [0.5, 0.6) is 0 Å². The molecule has 0 aromatic heterocycles. The maximum Gasteiger partial charge on any atom is 0.0243 e. The van der Waals surface area contributed by atoms with Crippen LogP contribution in [0.15, 0.2) is 48.5 Å². The highest BCUT2D eigenvalue weighted by Crippen LogP contribution is 2.36. The van der Waals surface area contributed by atoms with E-state index >= 15 is 0 Å². The fourth-order valence-electron chi connectivity index (χ4n) is 3.41. The summed E-state index contributed by atoms with van der Waals surface area (Å²) < 4.78 is 3.69. The van der Waals surface area contributed by atoms with Crippen LogP contribution < -0.4 is 4.72 Å². The SMILES string of the molecule is C#Cc1ccc(-c2ccc(C3CCC[C@@H]3NSC(C)C)cc2)cc1. The molecule has 124 valence electrons. The number of hydrogen-bond donors (Lipinski definition) is 1. The molecule has 0 heterocycles. The van der Waals surface area contributed by atoms with Crippen LogP contribution in [0.4, 0.5) is 0 Å². The molecule has 1 fully saturated rings. The predicted molar refractivity (Wildman–Crippen MR) is 106 cm³/mol. The predicted octanol–water partition coefficient (Wildman–Crippen LogP) is 5.62. The molecule has 0 bridgehead atoms. The summed E-state index contributed by atoms with van der Waals surface area (Å²) >= 11 is 1.86. The summed E-state index contributed by atoms with van der Waals surface area (Å²) in [4.78, 5) is 0. The standard InChI is InChI=1S/C22H25NS/c1-4-17-8-10-18(11-9-17)19-12-14-20(15-13-19)21-6-5-7-22(21)23-24-16(2)3/h1,8-16,21-23H,5-7H2,2-3H3/t21?,22-/m0/s1. The average molecular weight is 336 g/mol. The maximum atomic E-state index is 5.43. The van der Waals surface area contributed by atoms with Gasteiger partial charge in [-0.05, 0) is 41.7 Å². The minimum absolute atomic E-state index is 0.596. The molecular weight excluding hydrogens is 310 g/mol. The first-order valence-corrected chi connectivity index (χ1v) is 9.63. The number of nitrogens with one attached hydrogen (secondary N) is 1. The summed E-state index contributed by atoms with van der Waals surface area (Å²) in [7, 11) is 0. The number of rotatable bonds is 5. The molecular formula is C22H25NS. The second kappa shape index (κ2) is 7.92. The van der Waals surface area contributed by atoms with Gasteiger partial charge in [-0.3, -0.25) is 4.72 Å². The van der Waals surface area contributed by atoms with Crippen molar-refractivity contribution < 1.29 is 0 Å². The Kier molecular flexibility index (Phi) is 5.66. The molecule has 2 aromatic carbocycles. The Morgan fingerprint density at radius 2 is 1.62 bits per heavy atom. The fourth-order valence-corrected chi connectivity index (χ4v) is 4.13. The molecule has 1 nitrogen and oxygen atoms in total. The molecule has 3 rings (SSSR count). The Bertz CT molecular complexity index is 694. The second-order valence-corrected chi connectivity index (χ2v) is 8.19. The van der Waals surface area contributed by atoms with Gasteiger partial charge in [0.1, 0.15) is 0 Å².